The smallest absolute Gasteiger partial charge is 0.248 e. The van der Waals surface area contributed by atoms with Crippen LogP contribution >= 0.6 is 0 Å². The molecule has 0 aliphatic heterocycles. The number of aliphatic hydroxyl groups is 1. The quantitative estimate of drug-likeness (QED) is 0.426. The molecule has 0 amide bonds. The Hall–Kier alpha value is -1.48. The van der Waals surface area contributed by atoms with E-state index < -0.39 is 0 Å². The molecular formula is C19H17AcN3O2. The monoisotopic (exact) mass is 546 g/mol. The van der Waals surface area contributed by atoms with Crippen LogP contribution in [0.2, 0.25) is 0 Å². The molecule has 2 aromatic carbocycles. The van der Waals surface area contributed by atoms with Gasteiger partial charge in [0.05, 0.1) is 17.8 Å². The van der Waals surface area contributed by atoms with Gasteiger partial charge in [0, 0.05) is 49.4 Å². The molecule has 0 bridgehead atoms. The molecule has 4 rings (SSSR count). The molecule has 6 heteroatoms. The number of aromatic nitrogens is 3. The van der Waals surface area contributed by atoms with Crippen molar-refractivity contribution in [1.29, 1.82) is 0 Å². The van der Waals surface area contributed by atoms with Gasteiger partial charge < -0.3 is 9.52 Å². The number of aliphatic hydroxyl groups excluding tert-OH is 1. The van der Waals surface area contributed by atoms with E-state index in [0.717, 1.165) is 10.9 Å². The van der Waals surface area contributed by atoms with Crippen LogP contribution in [0, 0.1) is 51.0 Å². The van der Waals surface area contributed by atoms with Gasteiger partial charge in [0.25, 0.3) is 0 Å². The van der Waals surface area contributed by atoms with E-state index in [1.54, 1.807) is 0 Å². The molecule has 5 nitrogen and oxygen atoms in total. The Bertz CT molecular complexity index is 993. The van der Waals surface area contributed by atoms with Gasteiger partial charge in [-0.05, 0) is 18.6 Å². The number of para-hydroxylation sites is 1. The molecule has 0 unspecified atom stereocenters. The van der Waals surface area contributed by atoms with Gasteiger partial charge >= 0.3 is 0 Å². The molecule has 0 fully saturated rings. The first kappa shape index (κ1) is 18.3. The summed E-state index contributed by atoms with van der Waals surface area (Å²) >= 11 is 0. The molecule has 123 valence electrons. The second kappa shape index (κ2) is 7.82. The average Bonchev–Trinajstić information content (AvgIpc) is 3.17. The summed E-state index contributed by atoms with van der Waals surface area (Å²) in [5.41, 5.74) is 3.59. The Morgan fingerprint density at radius 2 is 1.76 bits per heavy atom. The van der Waals surface area contributed by atoms with Crippen molar-refractivity contribution in [3.05, 3.63) is 71.6 Å². The summed E-state index contributed by atoms with van der Waals surface area (Å²) in [5, 5.41) is 15.0. The molecular weight excluding hydrogens is 529 g/mol. The van der Waals surface area contributed by atoms with Crippen LogP contribution in [0.5, 0.6) is 0 Å². The third-order valence-electron chi connectivity index (χ3n) is 4.07. The number of rotatable bonds is 4. The minimum Gasteiger partial charge on any atom is -0.437 e. The van der Waals surface area contributed by atoms with Crippen LogP contribution < -0.4 is 0 Å². The Morgan fingerprint density at radius 1 is 1.04 bits per heavy atom. The molecule has 0 saturated heterocycles. The number of nitrogens with zero attached hydrogens (tertiary/aromatic N) is 3. The molecule has 1 N–H and O–H groups in total. The van der Waals surface area contributed by atoms with Crippen LogP contribution in [0.1, 0.15) is 17.0 Å². The maximum atomic E-state index is 9.33. The first-order chi connectivity index (χ1) is 11.8. The first-order valence-corrected chi connectivity index (χ1v) is 7.83. The summed E-state index contributed by atoms with van der Waals surface area (Å²) in [6.45, 7) is 2.33. The number of benzene rings is 2. The largest absolute Gasteiger partial charge is 0.437 e. The van der Waals surface area contributed by atoms with E-state index in [1.165, 1.54) is 5.56 Å². The molecule has 0 aliphatic rings. The van der Waals surface area contributed by atoms with Gasteiger partial charge in [-0.1, -0.05) is 48.5 Å². The van der Waals surface area contributed by atoms with Crippen LogP contribution in [0.15, 0.2) is 59.0 Å². The van der Waals surface area contributed by atoms with Crippen molar-refractivity contribution in [2.45, 2.75) is 20.1 Å². The Morgan fingerprint density at radius 3 is 2.48 bits per heavy atom. The molecule has 1 radical (unpaired) electrons. The van der Waals surface area contributed by atoms with Crippen LogP contribution in [0.25, 0.3) is 22.5 Å². The fraction of sp³-hybridized carbons (Fsp3) is 0.158. The van der Waals surface area contributed by atoms with Crippen molar-refractivity contribution in [2.24, 2.45) is 0 Å². The normalized spacial score (nSPS) is 10.8. The maximum absolute atomic E-state index is 9.33. The molecule has 0 spiro atoms. The van der Waals surface area contributed by atoms with Crippen LogP contribution in [0.3, 0.4) is 0 Å². The van der Waals surface area contributed by atoms with Crippen molar-refractivity contribution in [3.8, 4) is 11.6 Å². The van der Waals surface area contributed by atoms with E-state index in [4.69, 9.17) is 9.52 Å². The predicted molar refractivity (Wildman–Crippen MR) is 91.4 cm³/mol. The third-order valence-corrected chi connectivity index (χ3v) is 4.07. The van der Waals surface area contributed by atoms with Crippen molar-refractivity contribution in [1.82, 2.24) is 14.8 Å². The molecule has 25 heavy (non-hydrogen) atoms. The van der Waals surface area contributed by atoms with Crippen molar-refractivity contribution in [3.63, 3.8) is 0 Å². The topological polar surface area (TPSA) is 64.1 Å². The van der Waals surface area contributed by atoms with Gasteiger partial charge in [-0.3, -0.25) is 4.68 Å². The number of hydrogen-bond acceptors (Lipinski definition) is 4. The van der Waals surface area contributed by atoms with Gasteiger partial charge in [-0.2, -0.15) is 5.10 Å². The molecule has 4 aromatic rings. The fourth-order valence-corrected chi connectivity index (χ4v) is 2.84. The van der Waals surface area contributed by atoms with E-state index in [-0.39, 0.29) is 50.7 Å². The Kier molecular flexibility index (Phi) is 5.73. The van der Waals surface area contributed by atoms with Gasteiger partial charge in [-0.25, -0.2) is 4.98 Å². The summed E-state index contributed by atoms with van der Waals surface area (Å²) in [7, 11) is 0. The first-order valence-electron chi connectivity index (χ1n) is 7.83. The zero-order valence-electron chi connectivity index (χ0n) is 13.9. The molecule has 2 aromatic heterocycles. The van der Waals surface area contributed by atoms with Crippen molar-refractivity contribution in [2.75, 3.05) is 0 Å². The zero-order chi connectivity index (χ0) is 16.5. The summed E-state index contributed by atoms with van der Waals surface area (Å²) in [5.74, 6) is 0.922. The van der Waals surface area contributed by atoms with Crippen LogP contribution in [0.4, 0.5) is 0 Å². The zero-order valence-corrected chi connectivity index (χ0v) is 18.6. The van der Waals surface area contributed by atoms with E-state index in [2.05, 4.69) is 17.1 Å². The number of oxazole rings is 1. The van der Waals surface area contributed by atoms with Crippen molar-refractivity contribution < 1.29 is 53.6 Å². The number of fused-ring (bicyclic) bond motifs is 1. The fourth-order valence-electron chi connectivity index (χ4n) is 2.84. The summed E-state index contributed by atoms with van der Waals surface area (Å²) in [4.78, 5) is 4.42. The standard InChI is InChI=1S/C19H17N3O2.Ac/c1-13-17(12-23)24-19(20-13)18-15-9-5-6-10-16(15)22(21-18)11-14-7-3-2-4-8-14;/h2-10,23H,11-12H2,1H3;. The SMILES string of the molecule is Cc1nc(-c2nn(Cc3ccccc3)c3ccccc23)oc1CO.[Ac]. The van der Waals surface area contributed by atoms with E-state index >= 15 is 0 Å². The Labute approximate surface area is 181 Å². The van der Waals surface area contributed by atoms with E-state index in [0.29, 0.717) is 29.6 Å². The van der Waals surface area contributed by atoms with E-state index in [9.17, 15) is 5.11 Å². The molecule has 0 atom stereocenters. The summed E-state index contributed by atoms with van der Waals surface area (Å²) in [6.07, 6.45) is 0. The summed E-state index contributed by atoms with van der Waals surface area (Å²) in [6, 6.07) is 18.2. The van der Waals surface area contributed by atoms with Gasteiger partial charge in [-0.15, -0.1) is 0 Å². The second-order valence-corrected chi connectivity index (χ2v) is 5.69. The number of aryl methyl sites for hydroxylation is 1. The maximum Gasteiger partial charge on any atom is 0.248 e. The van der Waals surface area contributed by atoms with Crippen molar-refractivity contribution >= 4 is 10.9 Å². The van der Waals surface area contributed by atoms with Gasteiger partial charge in [0.2, 0.25) is 5.89 Å². The summed E-state index contributed by atoms with van der Waals surface area (Å²) < 4.78 is 7.64. The molecule has 0 aliphatic carbocycles. The number of hydrogen-bond donors (Lipinski definition) is 1. The molecule has 2 heterocycles. The van der Waals surface area contributed by atoms with Crippen LogP contribution in [-0.2, 0) is 13.2 Å². The van der Waals surface area contributed by atoms with Gasteiger partial charge in [0.1, 0.15) is 6.61 Å². The molecule has 0 saturated carbocycles. The minimum atomic E-state index is -0.165. The minimum absolute atomic E-state index is 0. The third kappa shape index (κ3) is 3.57. The average molecular weight is 546 g/mol. The predicted octanol–water partition coefficient (Wildman–Crippen LogP) is 3.54. The van der Waals surface area contributed by atoms with Gasteiger partial charge in [0.15, 0.2) is 11.5 Å². The Balaban J connectivity index is 0.00000182. The second-order valence-electron chi connectivity index (χ2n) is 5.69. The van der Waals surface area contributed by atoms with E-state index in [1.807, 2.05) is 54.1 Å². The van der Waals surface area contributed by atoms with Crippen LogP contribution in [-0.4, -0.2) is 19.9 Å².